The van der Waals surface area contributed by atoms with Crippen molar-refractivity contribution in [3.05, 3.63) is 0 Å². The lowest BCUT2D eigenvalue weighted by Crippen LogP contribution is -2.55. The standard InChI is InChI=1S/C11H19NO4.C9H15NO3/c1-2-14-9(13)10(12)3-5-11(6-4-10)15-7-8-16-11;1-2-13-8(12)9(10)5-3-7(11)4-6-9/h2-8,12H2,1H3;2-6,10H2,1H3. The number of ether oxygens (including phenoxy) is 4. The van der Waals surface area contributed by atoms with Crippen LogP contribution in [0.25, 0.3) is 0 Å². The van der Waals surface area contributed by atoms with Crippen LogP contribution in [0, 0.1) is 0 Å². The Kier molecular flexibility index (Phi) is 8.16. The first kappa shape index (κ1) is 23.7. The zero-order chi connectivity index (χ0) is 21.5. The van der Waals surface area contributed by atoms with Crippen LogP contribution in [0.1, 0.15) is 65.2 Å². The van der Waals surface area contributed by atoms with E-state index in [2.05, 4.69) is 0 Å². The van der Waals surface area contributed by atoms with Crippen molar-refractivity contribution in [2.75, 3.05) is 26.4 Å². The number of hydrogen-bond acceptors (Lipinski definition) is 9. The van der Waals surface area contributed by atoms with E-state index >= 15 is 0 Å². The summed E-state index contributed by atoms with van der Waals surface area (Å²) in [7, 11) is 0. The lowest BCUT2D eigenvalue weighted by Gasteiger charge is -2.39. The number of Topliss-reactive ketones (excluding diaryl/α,β-unsaturated/α-hetero) is 1. The predicted octanol–water partition coefficient (Wildman–Crippen LogP) is 0.954. The van der Waals surface area contributed by atoms with Crippen LogP contribution in [0.3, 0.4) is 0 Å². The monoisotopic (exact) mass is 414 g/mol. The van der Waals surface area contributed by atoms with Gasteiger partial charge >= 0.3 is 11.9 Å². The van der Waals surface area contributed by atoms with Crippen molar-refractivity contribution in [3.63, 3.8) is 0 Å². The van der Waals surface area contributed by atoms with Crippen LogP contribution in [-0.4, -0.2) is 61.0 Å². The molecule has 0 amide bonds. The average molecular weight is 414 g/mol. The van der Waals surface area contributed by atoms with E-state index in [0.29, 0.717) is 77.8 Å². The molecule has 166 valence electrons. The van der Waals surface area contributed by atoms with E-state index in [0.717, 1.165) is 0 Å². The Hall–Kier alpha value is -1.55. The van der Waals surface area contributed by atoms with E-state index in [4.69, 9.17) is 30.4 Å². The van der Waals surface area contributed by atoms with Gasteiger partial charge < -0.3 is 30.4 Å². The van der Waals surface area contributed by atoms with Gasteiger partial charge in [-0.1, -0.05) is 0 Å². The van der Waals surface area contributed by atoms with Crippen molar-refractivity contribution in [2.24, 2.45) is 11.5 Å². The SMILES string of the molecule is CCOC(=O)C1(N)CCC(=O)CC1.CCOC(=O)C1(N)CCC2(CC1)OCCO2. The van der Waals surface area contributed by atoms with Gasteiger partial charge in [0.2, 0.25) is 0 Å². The number of nitrogens with two attached hydrogens (primary N) is 2. The molecule has 0 aromatic carbocycles. The molecule has 1 aliphatic heterocycles. The first-order chi connectivity index (χ1) is 13.7. The molecule has 0 bridgehead atoms. The molecule has 2 aliphatic carbocycles. The van der Waals surface area contributed by atoms with Gasteiger partial charge in [0.05, 0.1) is 26.4 Å². The first-order valence-electron chi connectivity index (χ1n) is 10.4. The van der Waals surface area contributed by atoms with Crippen LogP contribution in [0.2, 0.25) is 0 Å². The summed E-state index contributed by atoms with van der Waals surface area (Å²) < 4.78 is 21.0. The van der Waals surface area contributed by atoms with E-state index in [-0.39, 0.29) is 17.7 Å². The van der Waals surface area contributed by atoms with Gasteiger partial charge in [0.25, 0.3) is 0 Å². The molecule has 0 aromatic heterocycles. The molecule has 0 atom stereocenters. The molecule has 1 heterocycles. The largest absolute Gasteiger partial charge is 0.465 e. The average Bonchev–Trinajstić information content (AvgIpc) is 3.16. The van der Waals surface area contributed by atoms with Crippen LogP contribution in [0.15, 0.2) is 0 Å². The molecule has 1 spiro atoms. The summed E-state index contributed by atoms with van der Waals surface area (Å²) in [5.74, 6) is -0.967. The Labute approximate surface area is 171 Å². The van der Waals surface area contributed by atoms with Crippen LogP contribution in [0.4, 0.5) is 0 Å². The summed E-state index contributed by atoms with van der Waals surface area (Å²) in [5.41, 5.74) is 10.1. The minimum Gasteiger partial charge on any atom is -0.465 e. The zero-order valence-electron chi connectivity index (χ0n) is 17.5. The molecule has 0 unspecified atom stereocenters. The molecule has 1 saturated heterocycles. The summed E-state index contributed by atoms with van der Waals surface area (Å²) in [6.45, 7) is 5.51. The van der Waals surface area contributed by atoms with Gasteiger partial charge in [-0.25, -0.2) is 0 Å². The van der Waals surface area contributed by atoms with Gasteiger partial charge in [0, 0.05) is 25.7 Å². The summed E-state index contributed by atoms with van der Waals surface area (Å²) in [6, 6.07) is 0. The molecule has 3 aliphatic rings. The van der Waals surface area contributed by atoms with Crippen molar-refractivity contribution in [3.8, 4) is 0 Å². The summed E-state index contributed by atoms with van der Waals surface area (Å²) in [5, 5.41) is 0. The zero-order valence-corrected chi connectivity index (χ0v) is 17.5. The molecule has 0 aromatic rings. The molecule has 0 radical (unpaired) electrons. The smallest absolute Gasteiger partial charge is 0.326 e. The highest BCUT2D eigenvalue weighted by Crippen LogP contribution is 2.39. The third-order valence-electron chi connectivity index (χ3n) is 5.78. The van der Waals surface area contributed by atoms with Crippen molar-refractivity contribution >= 4 is 17.7 Å². The predicted molar refractivity (Wildman–Crippen MR) is 104 cm³/mol. The number of carbonyl (C=O) groups excluding carboxylic acids is 3. The van der Waals surface area contributed by atoms with Gasteiger partial charge in [-0.15, -0.1) is 0 Å². The maximum atomic E-state index is 11.7. The number of carbonyl (C=O) groups is 3. The fourth-order valence-corrected chi connectivity index (χ4v) is 3.80. The molecule has 9 nitrogen and oxygen atoms in total. The number of esters is 2. The normalized spacial score (nSPS) is 24.3. The van der Waals surface area contributed by atoms with Gasteiger partial charge in [-0.2, -0.15) is 0 Å². The molecular formula is C20H34N2O7. The summed E-state index contributed by atoms with van der Waals surface area (Å²) in [6.07, 6.45) is 4.10. The Morgan fingerprint density at radius 1 is 0.828 bits per heavy atom. The van der Waals surface area contributed by atoms with E-state index in [1.807, 2.05) is 0 Å². The lowest BCUT2D eigenvalue weighted by atomic mass is 9.79. The fraction of sp³-hybridized carbons (Fsp3) is 0.850. The van der Waals surface area contributed by atoms with E-state index < -0.39 is 16.9 Å². The Morgan fingerprint density at radius 2 is 1.24 bits per heavy atom. The van der Waals surface area contributed by atoms with Crippen LogP contribution in [-0.2, 0) is 33.3 Å². The first-order valence-corrected chi connectivity index (χ1v) is 10.4. The molecule has 3 rings (SSSR count). The van der Waals surface area contributed by atoms with Crippen LogP contribution >= 0.6 is 0 Å². The minimum absolute atomic E-state index is 0.186. The van der Waals surface area contributed by atoms with E-state index in [1.165, 1.54) is 0 Å². The van der Waals surface area contributed by atoms with Crippen molar-refractivity contribution in [2.45, 2.75) is 82.1 Å². The number of ketones is 1. The van der Waals surface area contributed by atoms with Gasteiger partial charge in [0.1, 0.15) is 16.9 Å². The maximum Gasteiger partial charge on any atom is 0.326 e. The van der Waals surface area contributed by atoms with Crippen molar-refractivity contribution < 1.29 is 33.3 Å². The summed E-state index contributed by atoms with van der Waals surface area (Å²) in [4.78, 5) is 34.0. The van der Waals surface area contributed by atoms with Gasteiger partial charge in [-0.05, 0) is 39.5 Å². The topological polar surface area (TPSA) is 140 Å². The highest BCUT2D eigenvalue weighted by atomic mass is 16.7. The molecule has 2 saturated carbocycles. The molecule has 29 heavy (non-hydrogen) atoms. The second-order valence-corrected chi connectivity index (χ2v) is 7.90. The number of rotatable bonds is 4. The second kappa shape index (κ2) is 9.97. The van der Waals surface area contributed by atoms with Crippen molar-refractivity contribution in [1.29, 1.82) is 0 Å². The second-order valence-electron chi connectivity index (χ2n) is 7.90. The van der Waals surface area contributed by atoms with Crippen LogP contribution < -0.4 is 11.5 Å². The molecular weight excluding hydrogens is 380 g/mol. The van der Waals surface area contributed by atoms with Gasteiger partial charge in [0.15, 0.2) is 5.79 Å². The summed E-state index contributed by atoms with van der Waals surface area (Å²) >= 11 is 0. The highest BCUT2D eigenvalue weighted by molar-refractivity contribution is 5.86. The van der Waals surface area contributed by atoms with E-state index in [1.54, 1.807) is 13.8 Å². The molecule has 4 N–H and O–H groups in total. The third-order valence-corrected chi connectivity index (χ3v) is 5.78. The Bertz CT molecular complexity index is 582. The molecule has 9 heteroatoms. The maximum absolute atomic E-state index is 11.7. The third kappa shape index (κ3) is 5.97. The van der Waals surface area contributed by atoms with Crippen molar-refractivity contribution in [1.82, 2.24) is 0 Å². The Balaban J connectivity index is 0.000000212. The molecule has 3 fully saturated rings. The minimum atomic E-state index is -0.913. The fourth-order valence-electron chi connectivity index (χ4n) is 3.80. The quantitative estimate of drug-likeness (QED) is 0.643. The van der Waals surface area contributed by atoms with Crippen LogP contribution in [0.5, 0.6) is 0 Å². The van der Waals surface area contributed by atoms with Gasteiger partial charge in [-0.3, -0.25) is 14.4 Å². The lowest BCUT2D eigenvalue weighted by molar-refractivity contribution is -0.190. The highest BCUT2D eigenvalue weighted by Gasteiger charge is 2.48. The Morgan fingerprint density at radius 3 is 1.66 bits per heavy atom. The number of hydrogen-bond donors (Lipinski definition) is 2. The van der Waals surface area contributed by atoms with E-state index in [9.17, 15) is 14.4 Å².